The lowest BCUT2D eigenvalue weighted by atomic mass is 10.0. The number of fused-ring (bicyclic) bond motifs is 2. The van der Waals surface area contributed by atoms with Crippen LogP contribution in [0.15, 0.2) is 47.5 Å². The summed E-state index contributed by atoms with van der Waals surface area (Å²) in [5.41, 5.74) is 2.53. The predicted octanol–water partition coefficient (Wildman–Crippen LogP) is 4.18. The third-order valence-corrected chi connectivity index (χ3v) is 4.91. The van der Waals surface area contributed by atoms with Gasteiger partial charge in [-0.2, -0.15) is 5.10 Å². The normalized spacial score (nSPS) is 11.5. The third-order valence-electron chi connectivity index (χ3n) is 4.91. The number of ether oxygens (including phenoxy) is 1. The highest BCUT2D eigenvalue weighted by Gasteiger charge is 2.20. The van der Waals surface area contributed by atoms with Crippen LogP contribution in [0.5, 0.6) is 11.5 Å². The van der Waals surface area contributed by atoms with Crippen molar-refractivity contribution in [3.63, 3.8) is 0 Å². The minimum Gasteiger partial charge on any atom is -0.451 e. The van der Waals surface area contributed by atoms with Crippen molar-refractivity contribution in [1.82, 2.24) is 24.7 Å². The maximum Gasteiger partial charge on any atom is 0.276 e. The average Bonchev–Trinajstić information content (AvgIpc) is 3.33. The van der Waals surface area contributed by atoms with Crippen molar-refractivity contribution in [2.45, 2.75) is 6.92 Å². The first-order valence-electron chi connectivity index (χ1n) is 9.07. The largest absolute Gasteiger partial charge is 0.451 e. The van der Waals surface area contributed by atoms with E-state index in [1.165, 1.54) is 10.6 Å². The van der Waals surface area contributed by atoms with Gasteiger partial charge in [0.25, 0.3) is 5.56 Å². The molecule has 3 heterocycles. The molecular formula is C21H15F2N5O2. The van der Waals surface area contributed by atoms with Crippen LogP contribution in [0.1, 0.15) is 5.82 Å². The fourth-order valence-corrected chi connectivity index (χ4v) is 3.52. The zero-order valence-electron chi connectivity index (χ0n) is 16.0. The number of hydrogen-bond donors (Lipinski definition) is 2. The van der Waals surface area contributed by atoms with E-state index < -0.39 is 11.6 Å². The van der Waals surface area contributed by atoms with E-state index in [1.807, 2.05) is 6.07 Å². The molecule has 0 aliphatic rings. The molecule has 0 fully saturated rings. The Labute approximate surface area is 168 Å². The van der Waals surface area contributed by atoms with Crippen LogP contribution in [0, 0.1) is 18.6 Å². The van der Waals surface area contributed by atoms with E-state index >= 15 is 0 Å². The van der Waals surface area contributed by atoms with E-state index in [0.717, 1.165) is 12.1 Å². The Balaban J connectivity index is 1.81. The van der Waals surface area contributed by atoms with Crippen molar-refractivity contribution in [3.8, 4) is 22.6 Å². The standard InChI is InChI=1S/C21H15F2N5O2/c1-10-25-16-5-4-12(14-9-28(2)21(29)18-13(14)8-24-27-18)20(19(16)26-10)30-17-6-3-11(22)7-15(17)23/h3-9H,1-2H3,(H,24,27)(H,25,26). The zero-order chi connectivity index (χ0) is 21.0. The van der Waals surface area contributed by atoms with Crippen molar-refractivity contribution < 1.29 is 13.5 Å². The molecule has 2 N–H and O–H groups in total. The number of aryl methyl sites for hydroxylation is 2. The van der Waals surface area contributed by atoms with Gasteiger partial charge in [0.15, 0.2) is 17.3 Å². The van der Waals surface area contributed by atoms with Crippen molar-refractivity contribution in [1.29, 1.82) is 0 Å². The number of rotatable bonds is 3. The molecule has 0 spiro atoms. The molecule has 30 heavy (non-hydrogen) atoms. The van der Waals surface area contributed by atoms with Gasteiger partial charge in [-0.25, -0.2) is 13.8 Å². The molecule has 5 rings (SSSR count). The average molecular weight is 407 g/mol. The Morgan fingerprint density at radius 1 is 1.13 bits per heavy atom. The third kappa shape index (κ3) is 2.74. The number of halogens is 2. The van der Waals surface area contributed by atoms with Crippen LogP contribution in [0.25, 0.3) is 33.1 Å². The van der Waals surface area contributed by atoms with E-state index in [9.17, 15) is 13.6 Å². The van der Waals surface area contributed by atoms with Crippen molar-refractivity contribution >= 4 is 21.9 Å². The molecule has 3 aromatic heterocycles. The minimum atomic E-state index is -0.834. The number of hydrogen-bond acceptors (Lipinski definition) is 4. The Hall–Kier alpha value is -4.01. The minimum absolute atomic E-state index is 0.140. The van der Waals surface area contributed by atoms with Gasteiger partial charge in [-0.1, -0.05) is 0 Å². The van der Waals surface area contributed by atoms with Crippen LogP contribution in [-0.2, 0) is 7.05 Å². The molecule has 0 radical (unpaired) electrons. The maximum absolute atomic E-state index is 14.3. The van der Waals surface area contributed by atoms with Crippen LogP contribution >= 0.6 is 0 Å². The molecule has 0 saturated heterocycles. The molecule has 7 nitrogen and oxygen atoms in total. The number of pyridine rings is 1. The Morgan fingerprint density at radius 3 is 2.77 bits per heavy atom. The second-order valence-electron chi connectivity index (χ2n) is 6.95. The first-order valence-corrected chi connectivity index (χ1v) is 9.07. The fourth-order valence-electron chi connectivity index (χ4n) is 3.52. The summed E-state index contributed by atoms with van der Waals surface area (Å²) in [6, 6.07) is 6.72. The van der Waals surface area contributed by atoms with E-state index in [2.05, 4.69) is 20.2 Å². The van der Waals surface area contributed by atoms with Crippen molar-refractivity contribution in [2.24, 2.45) is 7.05 Å². The number of nitrogens with one attached hydrogen (secondary N) is 2. The van der Waals surface area contributed by atoms with Gasteiger partial charge in [-0.15, -0.1) is 0 Å². The molecule has 9 heteroatoms. The molecule has 2 aromatic carbocycles. The molecular weight excluding hydrogens is 392 g/mol. The molecule has 5 aromatic rings. The highest BCUT2D eigenvalue weighted by atomic mass is 19.1. The molecule has 0 amide bonds. The van der Waals surface area contributed by atoms with E-state index in [4.69, 9.17) is 4.74 Å². The topological polar surface area (TPSA) is 88.6 Å². The van der Waals surface area contributed by atoms with Gasteiger partial charge in [-0.3, -0.25) is 9.89 Å². The summed E-state index contributed by atoms with van der Waals surface area (Å²) >= 11 is 0. The fraction of sp³-hybridized carbons (Fsp3) is 0.0952. The first kappa shape index (κ1) is 18.0. The van der Waals surface area contributed by atoms with E-state index in [0.29, 0.717) is 38.9 Å². The molecule has 0 saturated carbocycles. The van der Waals surface area contributed by atoms with Crippen LogP contribution in [0.2, 0.25) is 0 Å². The number of imidazole rings is 1. The second-order valence-corrected chi connectivity index (χ2v) is 6.95. The summed E-state index contributed by atoms with van der Waals surface area (Å²) < 4.78 is 35.1. The summed E-state index contributed by atoms with van der Waals surface area (Å²) in [4.78, 5) is 20.0. The Kier molecular flexibility index (Phi) is 3.92. The van der Waals surface area contributed by atoms with Gasteiger partial charge >= 0.3 is 0 Å². The lowest BCUT2D eigenvalue weighted by Crippen LogP contribution is -2.16. The van der Waals surface area contributed by atoms with Gasteiger partial charge in [0.2, 0.25) is 0 Å². The lowest BCUT2D eigenvalue weighted by Gasteiger charge is -2.14. The molecule has 0 atom stereocenters. The van der Waals surface area contributed by atoms with Crippen molar-refractivity contribution in [3.05, 3.63) is 70.5 Å². The highest BCUT2D eigenvalue weighted by molar-refractivity contribution is 5.99. The molecule has 0 bridgehead atoms. The second kappa shape index (κ2) is 6.51. The number of aromatic amines is 2. The molecule has 0 aliphatic heterocycles. The molecule has 150 valence electrons. The summed E-state index contributed by atoms with van der Waals surface area (Å²) in [7, 11) is 1.63. The number of nitrogens with zero attached hydrogens (tertiary/aromatic N) is 3. The molecule has 0 aliphatic carbocycles. The first-order chi connectivity index (χ1) is 14.4. The summed E-state index contributed by atoms with van der Waals surface area (Å²) in [5.74, 6) is -0.741. The summed E-state index contributed by atoms with van der Waals surface area (Å²) in [5, 5.41) is 7.30. The molecule has 0 unspecified atom stereocenters. The van der Waals surface area contributed by atoms with E-state index in [1.54, 1.807) is 32.4 Å². The zero-order valence-corrected chi connectivity index (χ0v) is 16.0. The van der Waals surface area contributed by atoms with Crippen LogP contribution in [-0.4, -0.2) is 24.7 Å². The van der Waals surface area contributed by atoms with Crippen LogP contribution in [0.4, 0.5) is 8.78 Å². The predicted molar refractivity (Wildman–Crippen MR) is 108 cm³/mol. The Morgan fingerprint density at radius 2 is 1.97 bits per heavy atom. The monoisotopic (exact) mass is 407 g/mol. The SMILES string of the molecule is Cc1nc2c(Oc3ccc(F)cc3F)c(-c3cn(C)c(=O)c4[nH]ncc34)ccc2[nH]1. The number of H-pyrrole nitrogens is 2. The highest BCUT2D eigenvalue weighted by Crippen LogP contribution is 2.41. The van der Waals surface area contributed by atoms with Gasteiger partial charge < -0.3 is 14.3 Å². The smallest absolute Gasteiger partial charge is 0.276 e. The number of aromatic nitrogens is 5. The summed E-state index contributed by atoms with van der Waals surface area (Å²) in [6.45, 7) is 1.79. The van der Waals surface area contributed by atoms with Gasteiger partial charge in [0.05, 0.1) is 11.7 Å². The van der Waals surface area contributed by atoms with Gasteiger partial charge in [0, 0.05) is 35.8 Å². The maximum atomic E-state index is 14.3. The number of benzene rings is 2. The quantitative estimate of drug-likeness (QED) is 0.470. The van der Waals surface area contributed by atoms with E-state index in [-0.39, 0.29) is 17.1 Å². The Bertz CT molecular complexity index is 1500. The lowest BCUT2D eigenvalue weighted by molar-refractivity contribution is 0.442. The van der Waals surface area contributed by atoms with Crippen molar-refractivity contribution in [2.75, 3.05) is 0 Å². The van der Waals surface area contributed by atoms with Crippen LogP contribution < -0.4 is 10.3 Å². The van der Waals surface area contributed by atoms with Crippen LogP contribution in [0.3, 0.4) is 0 Å². The van der Waals surface area contributed by atoms with Gasteiger partial charge in [-0.05, 0) is 31.2 Å². The van der Waals surface area contributed by atoms with Gasteiger partial charge in [0.1, 0.15) is 22.7 Å². The summed E-state index contributed by atoms with van der Waals surface area (Å²) in [6.07, 6.45) is 3.21.